The summed E-state index contributed by atoms with van der Waals surface area (Å²) in [6.45, 7) is 4.55. The number of hydrogen-bond acceptors (Lipinski definition) is 5. The van der Waals surface area contributed by atoms with Crippen molar-refractivity contribution in [2.75, 3.05) is 19.6 Å². The molecule has 7 heteroatoms. The van der Waals surface area contributed by atoms with E-state index in [0.29, 0.717) is 19.6 Å². The van der Waals surface area contributed by atoms with Gasteiger partial charge in [0, 0.05) is 25.8 Å². The molecule has 0 unspecified atom stereocenters. The third kappa shape index (κ3) is 2.83. The van der Waals surface area contributed by atoms with Crippen molar-refractivity contribution in [2.45, 2.75) is 13.5 Å². The van der Waals surface area contributed by atoms with Gasteiger partial charge in [0.25, 0.3) is 0 Å². The van der Waals surface area contributed by atoms with Gasteiger partial charge in [-0.1, -0.05) is 11.3 Å². The van der Waals surface area contributed by atoms with Crippen molar-refractivity contribution in [3.8, 4) is 5.82 Å². The van der Waals surface area contributed by atoms with Crippen LogP contribution in [0.2, 0.25) is 0 Å². The van der Waals surface area contributed by atoms with Crippen molar-refractivity contribution in [2.24, 2.45) is 0 Å². The van der Waals surface area contributed by atoms with Gasteiger partial charge >= 0.3 is 0 Å². The van der Waals surface area contributed by atoms with Crippen LogP contribution in [0.25, 0.3) is 5.82 Å². The zero-order valence-electron chi connectivity index (χ0n) is 11.3. The Bertz CT molecular complexity index is 606. The van der Waals surface area contributed by atoms with Crippen LogP contribution in [-0.4, -0.2) is 50.4 Å². The van der Waals surface area contributed by atoms with E-state index in [9.17, 15) is 4.79 Å². The number of piperazine rings is 1. The minimum Gasteiger partial charge on any atom is -0.354 e. The molecule has 1 aliphatic rings. The molecule has 0 radical (unpaired) electrons. The molecule has 1 saturated heterocycles. The second kappa shape index (κ2) is 5.38. The van der Waals surface area contributed by atoms with Crippen LogP contribution in [0.4, 0.5) is 0 Å². The van der Waals surface area contributed by atoms with Gasteiger partial charge in [-0.15, -0.1) is 5.10 Å². The maximum Gasteiger partial charge on any atom is 0.234 e. The van der Waals surface area contributed by atoms with Gasteiger partial charge in [-0.3, -0.25) is 9.69 Å². The fraction of sp³-hybridized carbons (Fsp3) is 0.385. The minimum absolute atomic E-state index is 0.0591. The topological polar surface area (TPSA) is 75.9 Å². The number of amides is 1. The van der Waals surface area contributed by atoms with Crippen LogP contribution in [-0.2, 0) is 11.3 Å². The van der Waals surface area contributed by atoms with Gasteiger partial charge in [0.2, 0.25) is 5.91 Å². The second-order valence-corrected chi connectivity index (χ2v) is 4.91. The van der Waals surface area contributed by atoms with Gasteiger partial charge in [-0.05, 0) is 18.6 Å². The average molecular weight is 272 g/mol. The monoisotopic (exact) mass is 272 g/mol. The van der Waals surface area contributed by atoms with E-state index in [-0.39, 0.29) is 5.91 Å². The highest BCUT2D eigenvalue weighted by Gasteiger charge is 2.17. The first-order valence-corrected chi connectivity index (χ1v) is 6.54. The summed E-state index contributed by atoms with van der Waals surface area (Å²) in [6, 6.07) is 3.89. The van der Waals surface area contributed by atoms with Gasteiger partial charge in [0.05, 0.1) is 18.4 Å². The third-order valence-corrected chi connectivity index (χ3v) is 3.17. The lowest BCUT2D eigenvalue weighted by molar-refractivity contribution is -0.124. The van der Waals surface area contributed by atoms with E-state index in [2.05, 4.69) is 25.5 Å². The first-order valence-electron chi connectivity index (χ1n) is 6.54. The summed E-state index contributed by atoms with van der Waals surface area (Å²) in [6.07, 6.45) is 3.65. The molecule has 0 aromatic carbocycles. The normalized spacial score (nSPS) is 16.1. The molecule has 0 bridgehead atoms. The van der Waals surface area contributed by atoms with Crippen LogP contribution in [0.15, 0.2) is 24.5 Å². The molecule has 3 heterocycles. The van der Waals surface area contributed by atoms with E-state index in [1.807, 2.05) is 25.3 Å². The van der Waals surface area contributed by atoms with Gasteiger partial charge in [0.1, 0.15) is 0 Å². The van der Waals surface area contributed by atoms with Gasteiger partial charge < -0.3 is 5.32 Å². The molecule has 0 atom stereocenters. The minimum atomic E-state index is 0.0591. The summed E-state index contributed by atoms with van der Waals surface area (Å²) in [5, 5.41) is 11.0. The lowest BCUT2D eigenvalue weighted by Crippen LogP contribution is -2.47. The fourth-order valence-corrected chi connectivity index (χ4v) is 2.13. The largest absolute Gasteiger partial charge is 0.354 e. The third-order valence-electron chi connectivity index (χ3n) is 3.17. The quantitative estimate of drug-likeness (QED) is 0.844. The zero-order valence-corrected chi connectivity index (χ0v) is 11.3. The number of hydrogen-bond donors (Lipinski definition) is 1. The molecule has 1 amide bonds. The van der Waals surface area contributed by atoms with Crippen LogP contribution >= 0.6 is 0 Å². The Kier molecular flexibility index (Phi) is 3.42. The molecule has 1 N–H and O–H groups in total. The predicted molar refractivity (Wildman–Crippen MR) is 72.2 cm³/mol. The molecule has 1 aliphatic heterocycles. The summed E-state index contributed by atoms with van der Waals surface area (Å²) in [5.41, 5.74) is 1.94. The average Bonchev–Trinajstić information content (AvgIpc) is 2.88. The molecule has 1 fully saturated rings. The highest BCUT2D eigenvalue weighted by Crippen LogP contribution is 2.07. The Morgan fingerprint density at radius 1 is 1.40 bits per heavy atom. The SMILES string of the molecule is Cc1ccc(-n2cc(CN3CCNC(=O)C3)nn2)nc1. The molecule has 0 saturated carbocycles. The van der Waals surface area contributed by atoms with Crippen LogP contribution in [0.1, 0.15) is 11.3 Å². The second-order valence-electron chi connectivity index (χ2n) is 4.91. The Hall–Kier alpha value is -2.28. The summed E-state index contributed by atoms with van der Waals surface area (Å²) in [7, 11) is 0. The molecular formula is C13H16N6O. The number of nitrogens with one attached hydrogen (secondary N) is 1. The van der Waals surface area contributed by atoms with Crippen LogP contribution in [0.3, 0.4) is 0 Å². The van der Waals surface area contributed by atoms with Crippen molar-refractivity contribution < 1.29 is 4.79 Å². The highest BCUT2D eigenvalue weighted by molar-refractivity contribution is 5.78. The van der Waals surface area contributed by atoms with E-state index < -0.39 is 0 Å². The van der Waals surface area contributed by atoms with E-state index in [1.165, 1.54) is 0 Å². The number of rotatable bonds is 3. The van der Waals surface area contributed by atoms with Crippen molar-refractivity contribution in [3.63, 3.8) is 0 Å². The first-order chi connectivity index (χ1) is 9.70. The summed E-state index contributed by atoms with van der Waals surface area (Å²) in [4.78, 5) is 17.7. The number of aromatic nitrogens is 4. The Morgan fingerprint density at radius 2 is 2.30 bits per heavy atom. The lowest BCUT2D eigenvalue weighted by atomic mass is 10.3. The molecule has 2 aromatic heterocycles. The molecule has 0 aliphatic carbocycles. The molecule has 0 spiro atoms. The summed E-state index contributed by atoms with van der Waals surface area (Å²) < 4.78 is 1.65. The number of carbonyl (C=O) groups excluding carboxylic acids is 1. The van der Waals surface area contributed by atoms with E-state index in [4.69, 9.17) is 0 Å². The summed E-state index contributed by atoms with van der Waals surface area (Å²) in [5.74, 6) is 0.801. The number of aryl methyl sites for hydroxylation is 1. The molecule has 104 valence electrons. The van der Waals surface area contributed by atoms with Crippen molar-refractivity contribution in [1.82, 2.24) is 30.2 Å². The van der Waals surface area contributed by atoms with Crippen LogP contribution < -0.4 is 5.32 Å². The number of pyridine rings is 1. The van der Waals surface area contributed by atoms with Crippen LogP contribution in [0, 0.1) is 6.92 Å². The van der Waals surface area contributed by atoms with Gasteiger partial charge in [-0.25, -0.2) is 9.67 Å². The fourth-order valence-electron chi connectivity index (χ4n) is 2.13. The molecule has 7 nitrogen and oxygen atoms in total. The highest BCUT2D eigenvalue weighted by atomic mass is 16.2. The maximum absolute atomic E-state index is 11.3. The van der Waals surface area contributed by atoms with Crippen molar-refractivity contribution in [3.05, 3.63) is 35.8 Å². The van der Waals surface area contributed by atoms with Crippen molar-refractivity contribution in [1.29, 1.82) is 0 Å². The first kappa shape index (κ1) is 12.7. The van der Waals surface area contributed by atoms with Gasteiger partial charge in [0.15, 0.2) is 5.82 Å². The zero-order chi connectivity index (χ0) is 13.9. The lowest BCUT2D eigenvalue weighted by Gasteiger charge is -2.25. The standard InChI is InChI=1S/C13H16N6O/c1-10-2-3-12(15-6-10)19-8-11(16-17-19)7-18-5-4-14-13(20)9-18/h2-3,6,8H,4-5,7,9H2,1H3,(H,14,20). The van der Waals surface area contributed by atoms with E-state index in [1.54, 1.807) is 10.9 Å². The number of carbonyl (C=O) groups is 1. The van der Waals surface area contributed by atoms with E-state index in [0.717, 1.165) is 23.6 Å². The molecule has 20 heavy (non-hydrogen) atoms. The Morgan fingerprint density at radius 3 is 3.05 bits per heavy atom. The van der Waals surface area contributed by atoms with E-state index >= 15 is 0 Å². The summed E-state index contributed by atoms with van der Waals surface area (Å²) >= 11 is 0. The Labute approximate surface area is 116 Å². The predicted octanol–water partition coefficient (Wildman–Crippen LogP) is -0.0975. The van der Waals surface area contributed by atoms with Gasteiger partial charge in [-0.2, -0.15) is 0 Å². The van der Waals surface area contributed by atoms with Crippen LogP contribution in [0.5, 0.6) is 0 Å². The number of nitrogens with zero attached hydrogens (tertiary/aromatic N) is 5. The smallest absolute Gasteiger partial charge is 0.234 e. The molecular weight excluding hydrogens is 256 g/mol. The van der Waals surface area contributed by atoms with Crippen molar-refractivity contribution >= 4 is 5.91 Å². The molecule has 3 rings (SSSR count). The molecule has 2 aromatic rings. The maximum atomic E-state index is 11.3. The Balaban J connectivity index is 1.70.